The number of hydrogen-bond donors (Lipinski definition) is 1. The minimum absolute atomic E-state index is 0.761. The van der Waals surface area contributed by atoms with Gasteiger partial charge in [-0.2, -0.15) is 0 Å². The molecule has 0 bridgehead atoms. The fourth-order valence-electron chi connectivity index (χ4n) is 2.97. The van der Waals surface area contributed by atoms with Crippen LogP contribution in [-0.2, 0) is 12.0 Å². The van der Waals surface area contributed by atoms with Crippen LogP contribution in [0.25, 0.3) is 0 Å². The quantitative estimate of drug-likeness (QED) is 0.891. The third-order valence-electron chi connectivity index (χ3n) is 4.00. The molecule has 0 spiro atoms. The first-order valence-electron chi connectivity index (χ1n) is 7.69. The van der Waals surface area contributed by atoms with Crippen LogP contribution in [0.2, 0.25) is 0 Å². The van der Waals surface area contributed by atoms with Crippen molar-refractivity contribution in [3.63, 3.8) is 0 Å². The molecule has 0 amide bonds. The summed E-state index contributed by atoms with van der Waals surface area (Å²) in [4.78, 5) is 0. The van der Waals surface area contributed by atoms with E-state index in [1.807, 2.05) is 56.3 Å². The van der Waals surface area contributed by atoms with Gasteiger partial charge in [-0.1, -0.05) is 50.2 Å². The zero-order valence-corrected chi connectivity index (χ0v) is 13.1. The highest BCUT2D eigenvalue weighted by Gasteiger charge is 2.36. The summed E-state index contributed by atoms with van der Waals surface area (Å²) in [6.45, 7) is 4.00. The van der Waals surface area contributed by atoms with Gasteiger partial charge in [-0.3, -0.25) is 0 Å². The first-order valence-corrected chi connectivity index (χ1v) is 7.69. The van der Waals surface area contributed by atoms with Crippen molar-refractivity contribution in [3.05, 3.63) is 65.2 Å². The maximum Gasteiger partial charge on any atom is 0.119 e. The van der Waals surface area contributed by atoms with E-state index in [1.165, 1.54) is 5.56 Å². The van der Waals surface area contributed by atoms with Crippen LogP contribution < -0.4 is 4.74 Å². The second-order valence-electron chi connectivity index (χ2n) is 5.10. The monoisotopic (exact) mass is 284 g/mol. The zero-order chi connectivity index (χ0) is 15.3. The summed E-state index contributed by atoms with van der Waals surface area (Å²) in [5.41, 5.74) is 2.29. The molecule has 2 aromatic carbocycles. The Morgan fingerprint density at radius 1 is 1.05 bits per heavy atom. The fourth-order valence-corrected chi connectivity index (χ4v) is 2.97. The van der Waals surface area contributed by atoms with Gasteiger partial charge in [0.2, 0.25) is 0 Å². The van der Waals surface area contributed by atoms with Crippen LogP contribution in [-0.4, -0.2) is 12.2 Å². The SMILES string of the molecule is CC.COc1ccc2c(c1)C(O)(c1ccccc1)CCC2. The van der Waals surface area contributed by atoms with Crippen LogP contribution in [0.5, 0.6) is 5.75 Å². The van der Waals surface area contributed by atoms with E-state index in [4.69, 9.17) is 4.74 Å². The zero-order valence-electron chi connectivity index (χ0n) is 13.1. The molecule has 2 heteroatoms. The first-order chi connectivity index (χ1) is 10.2. The average molecular weight is 284 g/mol. The van der Waals surface area contributed by atoms with Gasteiger partial charge in [0.05, 0.1) is 7.11 Å². The van der Waals surface area contributed by atoms with Gasteiger partial charge in [0.15, 0.2) is 0 Å². The molecule has 0 saturated carbocycles. The van der Waals surface area contributed by atoms with E-state index >= 15 is 0 Å². The van der Waals surface area contributed by atoms with Crippen LogP contribution >= 0.6 is 0 Å². The highest BCUT2D eigenvalue weighted by molar-refractivity contribution is 5.46. The molecule has 0 saturated heterocycles. The Bertz CT molecular complexity index is 577. The van der Waals surface area contributed by atoms with Crippen molar-refractivity contribution < 1.29 is 9.84 Å². The molecule has 1 unspecified atom stereocenters. The highest BCUT2D eigenvalue weighted by atomic mass is 16.5. The molecule has 0 radical (unpaired) electrons. The summed E-state index contributed by atoms with van der Waals surface area (Å²) >= 11 is 0. The molecule has 1 aliphatic rings. The number of rotatable bonds is 2. The summed E-state index contributed by atoms with van der Waals surface area (Å²) < 4.78 is 5.30. The maximum absolute atomic E-state index is 11.2. The van der Waals surface area contributed by atoms with E-state index in [9.17, 15) is 5.11 Å². The molecule has 2 aromatic rings. The lowest BCUT2D eigenvalue weighted by Gasteiger charge is -2.35. The number of aryl methyl sites for hydroxylation is 1. The molecule has 3 rings (SSSR count). The molecule has 0 aliphatic heterocycles. The van der Waals surface area contributed by atoms with E-state index < -0.39 is 5.60 Å². The molecule has 2 nitrogen and oxygen atoms in total. The van der Waals surface area contributed by atoms with Gasteiger partial charge < -0.3 is 9.84 Å². The van der Waals surface area contributed by atoms with Gasteiger partial charge >= 0.3 is 0 Å². The van der Waals surface area contributed by atoms with Crippen molar-refractivity contribution in [2.75, 3.05) is 7.11 Å². The lowest BCUT2D eigenvalue weighted by Crippen LogP contribution is -2.31. The summed E-state index contributed by atoms with van der Waals surface area (Å²) in [6, 6.07) is 15.9. The third-order valence-corrected chi connectivity index (χ3v) is 4.00. The average Bonchev–Trinajstić information content (AvgIpc) is 2.57. The third kappa shape index (κ3) is 2.96. The van der Waals surface area contributed by atoms with Gasteiger partial charge in [0.25, 0.3) is 0 Å². The Morgan fingerprint density at radius 2 is 1.76 bits per heavy atom. The van der Waals surface area contributed by atoms with Gasteiger partial charge in [-0.05, 0) is 48.1 Å². The largest absolute Gasteiger partial charge is 0.497 e. The summed E-state index contributed by atoms with van der Waals surface area (Å²) in [5.74, 6) is 0.801. The Labute approximate surface area is 127 Å². The molecule has 0 aromatic heterocycles. The number of fused-ring (bicyclic) bond motifs is 1. The van der Waals surface area contributed by atoms with E-state index in [2.05, 4.69) is 6.07 Å². The fraction of sp³-hybridized carbons (Fsp3) is 0.368. The number of methoxy groups -OCH3 is 1. The van der Waals surface area contributed by atoms with Crippen molar-refractivity contribution in [1.29, 1.82) is 0 Å². The van der Waals surface area contributed by atoms with E-state index in [1.54, 1.807) is 7.11 Å². The van der Waals surface area contributed by atoms with Crippen LogP contribution in [0.1, 0.15) is 43.4 Å². The molecular weight excluding hydrogens is 260 g/mol. The maximum atomic E-state index is 11.2. The summed E-state index contributed by atoms with van der Waals surface area (Å²) in [7, 11) is 1.66. The highest BCUT2D eigenvalue weighted by Crippen LogP contribution is 2.41. The second kappa shape index (κ2) is 6.77. The molecular formula is C19H24O2. The smallest absolute Gasteiger partial charge is 0.119 e. The van der Waals surface area contributed by atoms with Gasteiger partial charge in [0, 0.05) is 0 Å². The molecule has 112 valence electrons. The van der Waals surface area contributed by atoms with E-state index in [-0.39, 0.29) is 0 Å². The van der Waals surface area contributed by atoms with Crippen molar-refractivity contribution in [1.82, 2.24) is 0 Å². The van der Waals surface area contributed by atoms with Crippen LogP contribution in [0.4, 0.5) is 0 Å². The predicted octanol–water partition coefficient (Wildman–Crippen LogP) is 4.29. The summed E-state index contributed by atoms with van der Waals surface area (Å²) in [6.07, 6.45) is 2.79. The van der Waals surface area contributed by atoms with Crippen molar-refractivity contribution >= 4 is 0 Å². The second-order valence-corrected chi connectivity index (χ2v) is 5.10. The lowest BCUT2D eigenvalue weighted by atomic mass is 9.75. The number of ether oxygens (including phenoxy) is 1. The van der Waals surface area contributed by atoms with Gasteiger partial charge in [0.1, 0.15) is 11.4 Å². The lowest BCUT2D eigenvalue weighted by molar-refractivity contribution is 0.0613. The minimum atomic E-state index is -0.886. The van der Waals surface area contributed by atoms with Crippen molar-refractivity contribution in [3.8, 4) is 5.75 Å². The van der Waals surface area contributed by atoms with Gasteiger partial charge in [-0.25, -0.2) is 0 Å². The van der Waals surface area contributed by atoms with Crippen LogP contribution in [0.15, 0.2) is 48.5 Å². The number of benzene rings is 2. The topological polar surface area (TPSA) is 29.5 Å². The molecule has 1 aliphatic carbocycles. The Morgan fingerprint density at radius 3 is 2.43 bits per heavy atom. The summed E-state index contributed by atoms with van der Waals surface area (Å²) in [5, 5.41) is 11.2. The molecule has 1 atom stereocenters. The normalized spacial score (nSPS) is 20.0. The Kier molecular flexibility index (Phi) is 5.03. The van der Waals surface area contributed by atoms with Crippen molar-refractivity contribution in [2.45, 2.75) is 38.7 Å². The van der Waals surface area contributed by atoms with Crippen LogP contribution in [0, 0.1) is 0 Å². The molecule has 0 heterocycles. The molecule has 0 fully saturated rings. The number of hydrogen-bond acceptors (Lipinski definition) is 2. The molecule has 1 N–H and O–H groups in total. The Balaban J connectivity index is 0.000000774. The van der Waals surface area contributed by atoms with Gasteiger partial charge in [-0.15, -0.1) is 0 Å². The predicted molar refractivity (Wildman–Crippen MR) is 86.7 cm³/mol. The van der Waals surface area contributed by atoms with Crippen LogP contribution in [0.3, 0.4) is 0 Å². The van der Waals surface area contributed by atoms with Crippen molar-refractivity contribution in [2.24, 2.45) is 0 Å². The number of aliphatic hydroxyl groups is 1. The first kappa shape index (κ1) is 15.6. The van der Waals surface area contributed by atoms with E-state index in [0.29, 0.717) is 0 Å². The minimum Gasteiger partial charge on any atom is -0.497 e. The standard InChI is InChI=1S/C17H18O2.C2H6/c1-19-15-10-9-13-6-5-11-17(18,16(13)12-15)14-7-3-2-4-8-14;1-2/h2-4,7-10,12,18H,5-6,11H2,1H3;1-2H3. The van der Waals surface area contributed by atoms with E-state index in [0.717, 1.165) is 36.1 Å². The Hall–Kier alpha value is -1.80. The molecule has 21 heavy (non-hydrogen) atoms.